The molecule has 1 amide bonds. The second kappa shape index (κ2) is 5.12. The van der Waals surface area contributed by atoms with Crippen LogP contribution in [0.4, 0.5) is 4.39 Å². The quantitative estimate of drug-likeness (QED) is 0.824. The Labute approximate surface area is 117 Å². The third kappa shape index (κ3) is 2.22. The molecule has 1 aliphatic rings. The molecule has 1 aliphatic heterocycles. The van der Waals surface area contributed by atoms with Crippen LogP contribution in [0.3, 0.4) is 0 Å². The van der Waals surface area contributed by atoms with Gasteiger partial charge in [-0.05, 0) is 54.8 Å². The van der Waals surface area contributed by atoms with Gasteiger partial charge in [0.1, 0.15) is 11.5 Å². The lowest BCUT2D eigenvalue weighted by Gasteiger charge is -2.16. The van der Waals surface area contributed by atoms with Crippen molar-refractivity contribution in [2.24, 2.45) is 7.05 Å². The summed E-state index contributed by atoms with van der Waals surface area (Å²) in [4.78, 5) is 14.3. The molecular weight excluding hydrogens is 255 g/mol. The molecule has 0 unspecified atom stereocenters. The van der Waals surface area contributed by atoms with Gasteiger partial charge >= 0.3 is 0 Å². The number of aromatic nitrogens is 1. The van der Waals surface area contributed by atoms with E-state index in [0.717, 1.165) is 37.2 Å². The summed E-state index contributed by atoms with van der Waals surface area (Å²) in [7, 11) is 1.88. The van der Waals surface area contributed by atoms with Crippen molar-refractivity contribution in [1.29, 1.82) is 0 Å². The Kier molecular flexibility index (Phi) is 3.30. The van der Waals surface area contributed by atoms with Crippen molar-refractivity contribution < 1.29 is 9.18 Å². The summed E-state index contributed by atoms with van der Waals surface area (Å²) in [6, 6.07) is 10.1. The zero-order valence-electron chi connectivity index (χ0n) is 11.5. The average molecular weight is 272 g/mol. The summed E-state index contributed by atoms with van der Waals surface area (Å²) in [5.41, 5.74) is 2.52. The zero-order valence-corrected chi connectivity index (χ0v) is 11.5. The second-order valence-corrected chi connectivity index (χ2v) is 5.17. The zero-order chi connectivity index (χ0) is 14.1. The van der Waals surface area contributed by atoms with Gasteiger partial charge in [0.05, 0.1) is 0 Å². The van der Waals surface area contributed by atoms with Crippen molar-refractivity contribution >= 4 is 5.91 Å². The van der Waals surface area contributed by atoms with E-state index in [9.17, 15) is 9.18 Å². The van der Waals surface area contributed by atoms with Gasteiger partial charge in [-0.25, -0.2) is 4.39 Å². The van der Waals surface area contributed by atoms with Gasteiger partial charge in [-0.1, -0.05) is 0 Å². The number of rotatable bonds is 2. The van der Waals surface area contributed by atoms with E-state index >= 15 is 0 Å². The first-order valence-corrected chi connectivity index (χ1v) is 6.88. The summed E-state index contributed by atoms with van der Waals surface area (Å²) in [5, 5.41) is 0. The third-order valence-electron chi connectivity index (χ3n) is 3.87. The maximum atomic E-state index is 13.0. The first-order chi connectivity index (χ1) is 9.66. The van der Waals surface area contributed by atoms with E-state index in [4.69, 9.17) is 0 Å². The van der Waals surface area contributed by atoms with E-state index in [1.165, 1.54) is 12.1 Å². The predicted octanol–water partition coefficient (Wildman–Crippen LogP) is 3.07. The highest BCUT2D eigenvalue weighted by molar-refractivity contribution is 5.94. The molecule has 2 aromatic rings. The fourth-order valence-electron chi connectivity index (χ4n) is 2.72. The normalized spacial score (nSPS) is 14.8. The Bertz CT molecular complexity index is 624. The summed E-state index contributed by atoms with van der Waals surface area (Å²) in [6.45, 7) is 1.69. The van der Waals surface area contributed by atoms with Gasteiger partial charge in [-0.2, -0.15) is 0 Å². The maximum absolute atomic E-state index is 13.0. The molecule has 0 spiro atoms. The standard InChI is InChI=1S/C16H17FN2O/c1-18-14(12-4-6-13(17)7-5-12)8-9-15(18)16(20)19-10-2-3-11-19/h4-9H,2-3,10-11H2,1H3. The molecule has 3 rings (SSSR count). The molecule has 3 nitrogen and oxygen atoms in total. The van der Waals surface area contributed by atoms with Crippen LogP contribution in [-0.4, -0.2) is 28.5 Å². The number of hydrogen-bond donors (Lipinski definition) is 0. The van der Waals surface area contributed by atoms with Crippen molar-refractivity contribution in [3.05, 3.63) is 47.9 Å². The van der Waals surface area contributed by atoms with Crippen molar-refractivity contribution in [2.45, 2.75) is 12.8 Å². The van der Waals surface area contributed by atoms with Crippen molar-refractivity contribution in [3.8, 4) is 11.3 Å². The lowest BCUT2D eigenvalue weighted by Crippen LogP contribution is -2.29. The van der Waals surface area contributed by atoms with Crippen LogP contribution < -0.4 is 0 Å². The fourth-order valence-corrected chi connectivity index (χ4v) is 2.72. The SMILES string of the molecule is Cn1c(C(=O)N2CCCC2)ccc1-c1ccc(F)cc1. The number of nitrogens with zero attached hydrogens (tertiary/aromatic N) is 2. The van der Waals surface area contributed by atoms with E-state index in [-0.39, 0.29) is 11.7 Å². The van der Waals surface area contributed by atoms with E-state index < -0.39 is 0 Å². The highest BCUT2D eigenvalue weighted by Gasteiger charge is 2.22. The molecule has 1 aromatic heterocycles. The Balaban J connectivity index is 1.92. The molecule has 1 aromatic carbocycles. The number of hydrogen-bond acceptors (Lipinski definition) is 1. The Morgan fingerprint density at radius 2 is 1.70 bits per heavy atom. The minimum Gasteiger partial charge on any atom is -0.340 e. The lowest BCUT2D eigenvalue weighted by molar-refractivity contribution is 0.0783. The molecule has 0 atom stereocenters. The van der Waals surface area contributed by atoms with Crippen molar-refractivity contribution in [3.63, 3.8) is 0 Å². The molecule has 0 radical (unpaired) electrons. The summed E-state index contributed by atoms with van der Waals surface area (Å²) in [5.74, 6) is -0.172. The summed E-state index contributed by atoms with van der Waals surface area (Å²) in [6.07, 6.45) is 2.17. The predicted molar refractivity (Wildman–Crippen MR) is 75.9 cm³/mol. The fraction of sp³-hybridized carbons (Fsp3) is 0.312. The second-order valence-electron chi connectivity index (χ2n) is 5.17. The Hall–Kier alpha value is -2.10. The molecule has 0 saturated carbocycles. The Morgan fingerprint density at radius 3 is 2.35 bits per heavy atom. The minimum absolute atomic E-state index is 0.0818. The number of benzene rings is 1. The monoisotopic (exact) mass is 272 g/mol. The smallest absolute Gasteiger partial charge is 0.270 e. The van der Waals surface area contributed by atoms with E-state index in [2.05, 4.69) is 0 Å². The topological polar surface area (TPSA) is 25.2 Å². The van der Waals surface area contributed by atoms with Gasteiger partial charge in [-0.15, -0.1) is 0 Å². The van der Waals surface area contributed by atoms with Crippen LogP contribution in [0.1, 0.15) is 23.3 Å². The summed E-state index contributed by atoms with van der Waals surface area (Å²) < 4.78 is 14.9. The van der Waals surface area contributed by atoms with Crippen LogP contribution in [0.15, 0.2) is 36.4 Å². The van der Waals surface area contributed by atoms with Crippen LogP contribution in [0.2, 0.25) is 0 Å². The van der Waals surface area contributed by atoms with E-state index in [1.54, 1.807) is 12.1 Å². The van der Waals surface area contributed by atoms with Crippen LogP contribution in [0.5, 0.6) is 0 Å². The molecule has 0 N–H and O–H groups in total. The van der Waals surface area contributed by atoms with Gasteiger partial charge in [0.2, 0.25) is 0 Å². The molecule has 4 heteroatoms. The number of carbonyl (C=O) groups is 1. The number of halogens is 1. The van der Waals surface area contributed by atoms with Crippen molar-refractivity contribution in [1.82, 2.24) is 9.47 Å². The van der Waals surface area contributed by atoms with Crippen LogP contribution >= 0.6 is 0 Å². The number of amides is 1. The van der Waals surface area contributed by atoms with Gasteiger partial charge in [0.15, 0.2) is 0 Å². The molecule has 0 bridgehead atoms. The lowest BCUT2D eigenvalue weighted by atomic mass is 10.1. The molecule has 104 valence electrons. The molecule has 0 aliphatic carbocycles. The summed E-state index contributed by atoms with van der Waals surface area (Å²) >= 11 is 0. The van der Waals surface area contributed by atoms with Gasteiger partial charge in [0.25, 0.3) is 5.91 Å². The van der Waals surface area contributed by atoms with Gasteiger partial charge < -0.3 is 9.47 Å². The highest BCUT2D eigenvalue weighted by Crippen LogP contribution is 2.23. The van der Waals surface area contributed by atoms with Gasteiger partial charge in [-0.3, -0.25) is 4.79 Å². The minimum atomic E-state index is -0.253. The highest BCUT2D eigenvalue weighted by atomic mass is 19.1. The van der Waals surface area contributed by atoms with Gasteiger partial charge in [0, 0.05) is 25.8 Å². The Morgan fingerprint density at radius 1 is 1.05 bits per heavy atom. The maximum Gasteiger partial charge on any atom is 0.270 e. The van der Waals surface area contributed by atoms with E-state index in [0.29, 0.717) is 5.69 Å². The number of carbonyl (C=O) groups excluding carboxylic acids is 1. The van der Waals surface area contributed by atoms with Crippen LogP contribution in [0, 0.1) is 5.82 Å². The third-order valence-corrected chi connectivity index (χ3v) is 3.87. The van der Waals surface area contributed by atoms with Crippen molar-refractivity contribution in [2.75, 3.05) is 13.1 Å². The first-order valence-electron chi connectivity index (χ1n) is 6.88. The molecule has 1 saturated heterocycles. The van der Waals surface area contributed by atoms with Crippen LogP contribution in [0.25, 0.3) is 11.3 Å². The molecular formula is C16H17FN2O. The van der Waals surface area contributed by atoms with Crippen LogP contribution in [-0.2, 0) is 7.05 Å². The average Bonchev–Trinajstić information content (AvgIpc) is 3.09. The number of likely N-dealkylation sites (tertiary alicyclic amines) is 1. The largest absolute Gasteiger partial charge is 0.340 e. The molecule has 20 heavy (non-hydrogen) atoms. The molecule has 2 heterocycles. The van der Waals surface area contributed by atoms with E-state index in [1.807, 2.05) is 28.6 Å². The molecule has 1 fully saturated rings. The first kappa shape index (κ1) is 12.9.